The third kappa shape index (κ3) is 6.95. The summed E-state index contributed by atoms with van der Waals surface area (Å²) in [6.45, 7) is 8.27. The number of hydrogen-bond acceptors (Lipinski definition) is 3. The molecule has 0 bridgehead atoms. The smallest absolute Gasteiger partial charge is 0.365 e. The summed E-state index contributed by atoms with van der Waals surface area (Å²) in [6, 6.07) is 0. The van der Waals surface area contributed by atoms with E-state index in [9.17, 15) is 0 Å². The molecule has 86 valence electrons. The van der Waals surface area contributed by atoms with Crippen LogP contribution in [-0.4, -0.2) is 27.2 Å². The van der Waals surface area contributed by atoms with Gasteiger partial charge in [-0.1, -0.05) is 20.8 Å². The lowest BCUT2D eigenvalue weighted by atomic mass is 10.5. The fourth-order valence-corrected chi connectivity index (χ4v) is 3.85. The molecule has 3 nitrogen and oxygen atoms in total. The van der Waals surface area contributed by atoms with E-state index in [1.807, 2.05) is 0 Å². The highest BCUT2D eigenvalue weighted by atomic mass is 79.9. The molecule has 0 spiro atoms. The van der Waals surface area contributed by atoms with E-state index < -0.39 is 7.42 Å². The monoisotopic (exact) mass is 284 g/mol. The van der Waals surface area contributed by atoms with Crippen molar-refractivity contribution >= 4 is 22.7 Å². The average Bonchev–Trinajstić information content (AvgIpc) is 2.21. The van der Waals surface area contributed by atoms with Crippen LogP contribution in [0, 0.1) is 0 Å². The zero-order valence-corrected chi connectivity index (χ0v) is 11.9. The van der Waals surface area contributed by atoms with Gasteiger partial charge in [0.15, 0.2) is 0 Å². The molecule has 0 aromatic carbocycles. The van der Waals surface area contributed by atoms with Gasteiger partial charge in [-0.3, -0.25) is 0 Å². The van der Waals surface area contributed by atoms with Crippen molar-refractivity contribution in [1.29, 1.82) is 0 Å². The predicted molar refractivity (Wildman–Crippen MR) is 63.4 cm³/mol. The second-order valence-corrected chi connectivity index (χ2v) is 7.77. The summed E-state index contributed by atoms with van der Waals surface area (Å²) in [6.07, 6.45) is 2.93. The van der Waals surface area contributed by atoms with Crippen LogP contribution in [0.3, 0.4) is 0 Å². The van der Waals surface area contributed by atoms with Gasteiger partial charge in [-0.25, -0.2) is 0 Å². The van der Waals surface area contributed by atoms with E-state index in [1.54, 1.807) is 0 Å². The van der Waals surface area contributed by atoms with Crippen LogP contribution in [0.15, 0.2) is 0 Å². The second-order valence-electron chi connectivity index (χ2n) is 3.03. The van der Waals surface area contributed by atoms with Crippen molar-refractivity contribution in [2.24, 2.45) is 0 Å². The van der Waals surface area contributed by atoms with Crippen LogP contribution in [0.5, 0.6) is 0 Å². The number of halogens is 1. The molecule has 0 aliphatic carbocycles. The van der Waals surface area contributed by atoms with Crippen LogP contribution in [0.1, 0.15) is 40.0 Å². The van der Waals surface area contributed by atoms with E-state index in [2.05, 4.69) is 36.1 Å². The van der Waals surface area contributed by atoms with Crippen molar-refractivity contribution < 1.29 is 13.3 Å². The average molecular weight is 285 g/mol. The highest BCUT2D eigenvalue weighted by Crippen LogP contribution is 2.18. The first-order valence-corrected chi connectivity index (χ1v) is 9.27. The van der Waals surface area contributed by atoms with E-state index in [-0.39, 0.29) is 0 Å². The molecule has 0 unspecified atom stereocenters. The summed E-state index contributed by atoms with van der Waals surface area (Å²) >= 11 is 3.46. The first kappa shape index (κ1) is 14.6. The van der Waals surface area contributed by atoms with Gasteiger partial charge in [-0.15, -0.1) is 0 Å². The van der Waals surface area contributed by atoms with Crippen LogP contribution in [0.25, 0.3) is 0 Å². The maximum absolute atomic E-state index is 5.59. The fraction of sp³-hybridized carbons (Fsp3) is 1.00. The zero-order valence-electron chi connectivity index (χ0n) is 9.35. The first-order valence-electron chi connectivity index (χ1n) is 5.29. The maximum atomic E-state index is 5.59. The van der Waals surface area contributed by atoms with Crippen molar-refractivity contribution in [1.82, 2.24) is 0 Å². The SMILES string of the molecule is CCCO[Si](Br)(OCCC)OCCC. The van der Waals surface area contributed by atoms with Crippen molar-refractivity contribution in [3.63, 3.8) is 0 Å². The molecule has 0 fully saturated rings. The number of hydrogen-bond donors (Lipinski definition) is 0. The van der Waals surface area contributed by atoms with Gasteiger partial charge in [-0.05, 0) is 34.6 Å². The quantitative estimate of drug-likeness (QED) is 0.481. The Morgan fingerprint density at radius 1 is 0.786 bits per heavy atom. The minimum absolute atomic E-state index is 0.685. The van der Waals surface area contributed by atoms with Gasteiger partial charge in [0.05, 0.1) is 0 Å². The molecule has 0 aliphatic heterocycles. The third-order valence-electron chi connectivity index (χ3n) is 1.44. The van der Waals surface area contributed by atoms with Gasteiger partial charge in [0.2, 0.25) is 0 Å². The molecule has 5 heteroatoms. The lowest BCUT2D eigenvalue weighted by Gasteiger charge is -2.23. The summed E-state index contributed by atoms with van der Waals surface area (Å²) < 4.78 is 16.8. The Balaban J connectivity index is 3.89. The first-order chi connectivity index (χ1) is 6.68. The minimum Gasteiger partial charge on any atom is -0.365 e. The predicted octanol–water partition coefficient (Wildman–Crippen LogP) is 3.10. The molecule has 0 saturated heterocycles. The molecule has 0 radical (unpaired) electrons. The van der Waals surface area contributed by atoms with Crippen molar-refractivity contribution in [2.75, 3.05) is 19.8 Å². The summed E-state index contributed by atoms with van der Waals surface area (Å²) in [4.78, 5) is 0. The van der Waals surface area contributed by atoms with Gasteiger partial charge in [-0.2, -0.15) is 0 Å². The molecule has 0 N–H and O–H groups in total. The Kier molecular flexibility index (Phi) is 9.22. The fourth-order valence-electron chi connectivity index (χ4n) is 0.797. The largest absolute Gasteiger partial charge is 0.580 e. The van der Waals surface area contributed by atoms with Crippen LogP contribution in [-0.2, 0) is 13.3 Å². The molecule has 0 aromatic heterocycles. The van der Waals surface area contributed by atoms with Crippen molar-refractivity contribution in [3.8, 4) is 0 Å². The lowest BCUT2D eigenvalue weighted by Crippen LogP contribution is -2.40. The molecule has 0 atom stereocenters. The van der Waals surface area contributed by atoms with Gasteiger partial charge in [0.25, 0.3) is 0 Å². The van der Waals surface area contributed by atoms with Crippen molar-refractivity contribution in [3.05, 3.63) is 0 Å². The highest BCUT2D eigenvalue weighted by molar-refractivity contribution is 9.25. The molecule has 0 aromatic rings. The maximum Gasteiger partial charge on any atom is 0.580 e. The summed E-state index contributed by atoms with van der Waals surface area (Å²) in [7, 11) is -2.50. The standard InChI is InChI=1S/C9H21BrO3Si/c1-4-7-11-14(10,12-8-5-2)13-9-6-3/h4-9H2,1-3H3. The highest BCUT2D eigenvalue weighted by Gasteiger charge is 2.37. The topological polar surface area (TPSA) is 27.7 Å². The van der Waals surface area contributed by atoms with Crippen molar-refractivity contribution in [2.45, 2.75) is 40.0 Å². The van der Waals surface area contributed by atoms with E-state index >= 15 is 0 Å². The van der Waals surface area contributed by atoms with Crippen LogP contribution >= 0.6 is 15.3 Å². The van der Waals surface area contributed by atoms with Gasteiger partial charge in [0.1, 0.15) is 0 Å². The molecule has 0 heterocycles. The minimum atomic E-state index is -2.50. The summed E-state index contributed by atoms with van der Waals surface area (Å²) in [5.74, 6) is 0. The van der Waals surface area contributed by atoms with Crippen LogP contribution in [0.2, 0.25) is 0 Å². The summed E-state index contributed by atoms with van der Waals surface area (Å²) in [5.41, 5.74) is 0. The van der Waals surface area contributed by atoms with Gasteiger partial charge < -0.3 is 13.3 Å². The lowest BCUT2D eigenvalue weighted by molar-refractivity contribution is 0.0855. The van der Waals surface area contributed by atoms with E-state index in [0.717, 1.165) is 19.3 Å². The Morgan fingerprint density at radius 3 is 1.29 bits per heavy atom. The van der Waals surface area contributed by atoms with Crippen LogP contribution < -0.4 is 0 Å². The molecule has 0 saturated carbocycles. The van der Waals surface area contributed by atoms with Gasteiger partial charge >= 0.3 is 7.42 Å². The Morgan fingerprint density at radius 2 is 1.07 bits per heavy atom. The molecule has 0 rings (SSSR count). The normalized spacial score (nSPS) is 12.0. The molecule has 0 amide bonds. The third-order valence-corrected chi connectivity index (χ3v) is 5.14. The Hall–Kier alpha value is 0.577. The second kappa shape index (κ2) is 8.85. The summed E-state index contributed by atoms with van der Waals surface area (Å²) in [5, 5.41) is 0. The Labute approximate surface area is 96.1 Å². The van der Waals surface area contributed by atoms with E-state index in [0.29, 0.717) is 19.8 Å². The molecular weight excluding hydrogens is 264 g/mol. The molecule has 0 aliphatic rings. The molecular formula is C9H21BrO3Si. The van der Waals surface area contributed by atoms with Gasteiger partial charge in [0, 0.05) is 19.8 Å². The van der Waals surface area contributed by atoms with E-state index in [4.69, 9.17) is 13.3 Å². The molecule has 14 heavy (non-hydrogen) atoms. The Bertz CT molecular complexity index is 113. The van der Waals surface area contributed by atoms with E-state index in [1.165, 1.54) is 0 Å². The number of rotatable bonds is 9. The zero-order chi connectivity index (χ0) is 10.9. The van der Waals surface area contributed by atoms with Crippen LogP contribution in [0.4, 0.5) is 0 Å².